The Morgan fingerprint density at radius 2 is 1.94 bits per heavy atom. The van der Waals surface area contributed by atoms with Gasteiger partial charge >= 0.3 is 5.97 Å². The van der Waals surface area contributed by atoms with Crippen LogP contribution in [0.25, 0.3) is 0 Å². The van der Waals surface area contributed by atoms with Gasteiger partial charge in [-0.25, -0.2) is 0 Å². The van der Waals surface area contributed by atoms with Crippen LogP contribution in [0.1, 0.15) is 26.7 Å². The van der Waals surface area contributed by atoms with E-state index in [-0.39, 0.29) is 12.3 Å². The van der Waals surface area contributed by atoms with Crippen LogP contribution in [0.4, 0.5) is 0 Å². The maximum Gasteiger partial charge on any atom is 0.303 e. The molecule has 4 heteroatoms. The number of hydrogen-bond donors (Lipinski definition) is 0. The Hall–Kier alpha value is -1.08. The lowest BCUT2D eigenvalue weighted by Crippen LogP contribution is -2.14. The number of ether oxygens (including phenoxy) is 1. The molecule has 0 bridgehead atoms. The van der Waals surface area contributed by atoms with Gasteiger partial charge in [0.1, 0.15) is 6.35 Å². The molecule has 0 saturated carbocycles. The maximum absolute atomic E-state index is 12.8. The van der Waals surface area contributed by atoms with Crippen molar-refractivity contribution < 1.29 is 14.1 Å². The van der Waals surface area contributed by atoms with E-state index in [2.05, 4.69) is 6.92 Å². The van der Waals surface area contributed by atoms with E-state index in [1.807, 2.05) is 30.3 Å². The minimum absolute atomic E-state index is 0.0202. The molecule has 0 spiro atoms. The van der Waals surface area contributed by atoms with E-state index in [9.17, 15) is 9.36 Å². The summed E-state index contributed by atoms with van der Waals surface area (Å²) in [5.41, 5.74) is 0. The van der Waals surface area contributed by atoms with Gasteiger partial charge in [-0.2, -0.15) is 0 Å². The molecule has 0 heterocycles. The van der Waals surface area contributed by atoms with Gasteiger partial charge in [0.2, 0.25) is 0 Å². The van der Waals surface area contributed by atoms with Crippen molar-refractivity contribution in [3.05, 3.63) is 30.3 Å². The normalized spacial score (nSPS) is 14.0. The molecule has 0 aliphatic rings. The number of esters is 1. The second-order valence-electron chi connectivity index (χ2n) is 4.07. The lowest BCUT2D eigenvalue weighted by atomic mass is 10.4. The summed E-state index contributed by atoms with van der Waals surface area (Å²) in [5.74, 6) is -0.377. The smallest absolute Gasteiger partial charge is 0.303 e. The quantitative estimate of drug-likeness (QED) is 0.579. The maximum atomic E-state index is 12.8. The lowest BCUT2D eigenvalue weighted by molar-refractivity contribution is -0.138. The Labute approximate surface area is 103 Å². The summed E-state index contributed by atoms with van der Waals surface area (Å²) in [4.78, 5) is 10.9. The van der Waals surface area contributed by atoms with Gasteiger partial charge in [0.15, 0.2) is 7.14 Å². The molecule has 0 amide bonds. The summed E-state index contributed by atoms with van der Waals surface area (Å²) in [6, 6.07) is 9.31. The van der Waals surface area contributed by atoms with Crippen molar-refractivity contribution in [1.29, 1.82) is 0 Å². The third-order valence-corrected chi connectivity index (χ3v) is 5.40. The largest absolute Gasteiger partial charge is 0.458 e. The van der Waals surface area contributed by atoms with Crippen LogP contribution in [0, 0.1) is 0 Å². The zero-order valence-corrected chi connectivity index (χ0v) is 11.3. The van der Waals surface area contributed by atoms with Crippen LogP contribution >= 0.6 is 7.14 Å². The monoisotopic (exact) mass is 254 g/mol. The molecule has 0 N–H and O–H groups in total. The van der Waals surface area contributed by atoms with Crippen molar-refractivity contribution in [2.45, 2.75) is 26.7 Å². The van der Waals surface area contributed by atoms with Crippen molar-refractivity contribution in [3.8, 4) is 0 Å². The minimum Gasteiger partial charge on any atom is -0.458 e. The highest BCUT2D eigenvalue weighted by molar-refractivity contribution is 7.71. The number of carbonyl (C=O) groups is 1. The average molecular weight is 254 g/mol. The van der Waals surface area contributed by atoms with Crippen molar-refractivity contribution in [1.82, 2.24) is 0 Å². The Balaban J connectivity index is 2.85. The Bertz CT molecular complexity index is 400. The summed E-state index contributed by atoms with van der Waals surface area (Å²) in [6.07, 6.45) is 2.48. The van der Waals surface area contributed by atoms with Crippen LogP contribution in [-0.2, 0) is 14.1 Å². The predicted octanol–water partition coefficient (Wildman–Crippen LogP) is 3.00. The van der Waals surface area contributed by atoms with Crippen LogP contribution < -0.4 is 5.30 Å². The van der Waals surface area contributed by atoms with Crippen molar-refractivity contribution >= 4 is 18.4 Å². The van der Waals surface area contributed by atoms with E-state index in [4.69, 9.17) is 4.74 Å². The molecule has 0 saturated heterocycles. The van der Waals surface area contributed by atoms with E-state index in [0.717, 1.165) is 18.1 Å². The number of benzene rings is 1. The van der Waals surface area contributed by atoms with E-state index in [1.165, 1.54) is 6.92 Å². The number of hydrogen-bond acceptors (Lipinski definition) is 3. The summed E-state index contributed by atoms with van der Waals surface area (Å²) in [5, 5.41) is 0.801. The zero-order valence-electron chi connectivity index (χ0n) is 10.4. The number of unbranched alkanes of at least 4 members (excludes halogenated alkanes) is 1. The molecule has 0 aromatic heterocycles. The van der Waals surface area contributed by atoms with Gasteiger partial charge in [-0.05, 0) is 6.42 Å². The highest BCUT2D eigenvalue weighted by Crippen LogP contribution is 2.45. The second kappa shape index (κ2) is 6.61. The molecule has 3 nitrogen and oxygen atoms in total. The number of rotatable bonds is 6. The van der Waals surface area contributed by atoms with Crippen LogP contribution in [0.2, 0.25) is 0 Å². The molecule has 17 heavy (non-hydrogen) atoms. The van der Waals surface area contributed by atoms with E-state index < -0.39 is 7.14 Å². The molecule has 1 unspecified atom stereocenters. The molecule has 0 radical (unpaired) electrons. The van der Waals surface area contributed by atoms with Crippen molar-refractivity contribution in [2.24, 2.45) is 0 Å². The summed E-state index contributed by atoms with van der Waals surface area (Å²) in [6.45, 7) is 3.40. The van der Waals surface area contributed by atoms with Crippen LogP contribution in [0.3, 0.4) is 0 Å². The first-order valence-electron chi connectivity index (χ1n) is 5.85. The SMILES string of the molecule is CCCCP(=O)(COC(C)=O)c1ccccc1. The van der Waals surface area contributed by atoms with Gasteiger partial charge in [-0.3, -0.25) is 4.79 Å². The molecule has 1 aromatic carbocycles. The van der Waals surface area contributed by atoms with Gasteiger partial charge in [-0.15, -0.1) is 0 Å². The third-order valence-electron chi connectivity index (χ3n) is 2.58. The third kappa shape index (κ3) is 4.35. The highest BCUT2D eigenvalue weighted by atomic mass is 31.2. The van der Waals surface area contributed by atoms with E-state index in [0.29, 0.717) is 6.16 Å². The van der Waals surface area contributed by atoms with Crippen LogP contribution in [0.5, 0.6) is 0 Å². The predicted molar refractivity (Wildman–Crippen MR) is 70.1 cm³/mol. The van der Waals surface area contributed by atoms with E-state index in [1.54, 1.807) is 0 Å². The molecule has 1 rings (SSSR count). The first-order valence-corrected chi connectivity index (χ1v) is 7.93. The lowest BCUT2D eigenvalue weighted by Gasteiger charge is -2.17. The molecule has 0 aliphatic carbocycles. The van der Waals surface area contributed by atoms with Gasteiger partial charge in [0.25, 0.3) is 0 Å². The van der Waals surface area contributed by atoms with Crippen molar-refractivity contribution in [2.75, 3.05) is 12.5 Å². The first-order chi connectivity index (χ1) is 8.08. The van der Waals surface area contributed by atoms with Gasteiger partial charge < -0.3 is 9.30 Å². The van der Waals surface area contributed by atoms with Gasteiger partial charge in [-0.1, -0.05) is 43.7 Å². The fraction of sp³-hybridized carbons (Fsp3) is 0.462. The van der Waals surface area contributed by atoms with Gasteiger partial charge in [0, 0.05) is 18.4 Å². The second-order valence-corrected chi connectivity index (χ2v) is 7.07. The Kier molecular flexibility index (Phi) is 5.43. The molecule has 0 aliphatic heterocycles. The Morgan fingerprint density at radius 3 is 2.47 bits per heavy atom. The topological polar surface area (TPSA) is 43.4 Å². The van der Waals surface area contributed by atoms with E-state index >= 15 is 0 Å². The molecule has 94 valence electrons. The Morgan fingerprint density at radius 1 is 1.29 bits per heavy atom. The number of carbonyl (C=O) groups excluding carboxylic acids is 1. The fourth-order valence-corrected chi connectivity index (χ4v) is 4.05. The summed E-state index contributed by atoms with van der Waals surface area (Å²) in [7, 11) is -2.59. The summed E-state index contributed by atoms with van der Waals surface area (Å²) >= 11 is 0. The molecule has 0 fully saturated rings. The van der Waals surface area contributed by atoms with Crippen LogP contribution in [-0.4, -0.2) is 18.5 Å². The summed E-state index contributed by atoms with van der Waals surface area (Å²) < 4.78 is 17.8. The zero-order chi connectivity index (χ0) is 12.7. The molecular weight excluding hydrogens is 235 g/mol. The minimum atomic E-state index is -2.59. The molecule has 1 aromatic rings. The first kappa shape index (κ1) is 14.0. The highest BCUT2D eigenvalue weighted by Gasteiger charge is 2.25. The molecular formula is C13H19O3P. The fourth-order valence-electron chi connectivity index (χ4n) is 1.58. The molecule has 1 atom stereocenters. The average Bonchev–Trinajstić information content (AvgIpc) is 2.35. The van der Waals surface area contributed by atoms with Crippen molar-refractivity contribution in [3.63, 3.8) is 0 Å². The van der Waals surface area contributed by atoms with Gasteiger partial charge in [0.05, 0.1) is 0 Å². The standard InChI is InChI=1S/C13H19O3P/c1-3-4-10-17(15,11-16-12(2)14)13-8-6-5-7-9-13/h5-9H,3-4,10-11H2,1-2H3. The van der Waals surface area contributed by atoms with Crippen LogP contribution in [0.15, 0.2) is 30.3 Å².